The molecule has 0 aliphatic heterocycles. The van der Waals surface area contributed by atoms with Gasteiger partial charge in [-0.1, -0.05) is 12.1 Å². The summed E-state index contributed by atoms with van der Waals surface area (Å²) in [6, 6.07) is 11.9. The van der Waals surface area contributed by atoms with Crippen molar-refractivity contribution in [1.82, 2.24) is 19.7 Å². The maximum absolute atomic E-state index is 12.8. The van der Waals surface area contributed by atoms with Crippen LogP contribution in [0.5, 0.6) is 0 Å². The molecule has 3 rings (SSSR count). The molecule has 8 nitrogen and oxygen atoms in total. The average molecular weight is 365 g/mol. The highest BCUT2D eigenvalue weighted by Gasteiger charge is 2.21. The zero-order valence-corrected chi connectivity index (χ0v) is 15.2. The standard InChI is InChI=1S/C19H19N5O3/c1-13-10-16(6-9-18(13)24(26)27)19(25)22(3)14(2)15-4-7-17(8-5-15)23-12-20-11-21-23/h4-12,14H,1-3H3/t14-/m1/s1. The molecule has 0 aliphatic carbocycles. The molecule has 0 radical (unpaired) electrons. The van der Waals surface area contributed by atoms with E-state index in [1.165, 1.54) is 18.5 Å². The van der Waals surface area contributed by atoms with E-state index in [2.05, 4.69) is 10.1 Å². The topological polar surface area (TPSA) is 94.2 Å². The van der Waals surface area contributed by atoms with E-state index in [0.29, 0.717) is 11.1 Å². The van der Waals surface area contributed by atoms with Crippen LogP contribution in [0.4, 0.5) is 5.69 Å². The van der Waals surface area contributed by atoms with Crippen LogP contribution in [0.2, 0.25) is 0 Å². The molecule has 1 aromatic heterocycles. The van der Waals surface area contributed by atoms with Gasteiger partial charge in [0.1, 0.15) is 12.7 Å². The van der Waals surface area contributed by atoms with Gasteiger partial charge in [0.05, 0.1) is 16.7 Å². The fourth-order valence-corrected chi connectivity index (χ4v) is 2.84. The van der Waals surface area contributed by atoms with E-state index in [1.54, 1.807) is 35.9 Å². The number of hydrogen-bond donors (Lipinski definition) is 0. The van der Waals surface area contributed by atoms with Crippen LogP contribution in [0, 0.1) is 17.0 Å². The Kier molecular flexibility index (Phi) is 4.98. The number of nitro groups is 1. The van der Waals surface area contributed by atoms with Crippen LogP contribution in [0.25, 0.3) is 5.69 Å². The van der Waals surface area contributed by atoms with E-state index in [9.17, 15) is 14.9 Å². The maximum atomic E-state index is 12.8. The minimum absolute atomic E-state index is 0.00551. The van der Waals surface area contributed by atoms with Crippen molar-refractivity contribution in [1.29, 1.82) is 0 Å². The number of nitrogens with zero attached hydrogens (tertiary/aromatic N) is 5. The molecule has 0 unspecified atom stereocenters. The first-order valence-electron chi connectivity index (χ1n) is 8.35. The Hall–Kier alpha value is -3.55. The number of nitro benzene ring substituents is 1. The van der Waals surface area contributed by atoms with Crippen molar-refractivity contribution in [2.75, 3.05) is 7.05 Å². The number of carbonyl (C=O) groups excluding carboxylic acids is 1. The first kappa shape index (κ1) is 18.2. The third-order valence-electron chi connectivity index (χ3n) is 4.60. The van der Waals surface area contributed by atoms with E-state index >= 15 is 0 Å². The molecule has 8 heteroatoms. The summed E-state index contributed by atoms with van der Waals surface area (Å²) in [5.41, 5.74) is 2.73. The van der Waals surface area contributed by atoms with Gasteiger partial charge in [0.2, 0.25) is 0 Å². The minimum Gasteiger partial charge on any atom is -0.335 e. The van der Waals surface area contributed by atoms with Gasteiger partial charge < -0.3 is 4.90 Å². The summed E-state index contributed by atoms with van der Waals surface area (Å²) in [6.07, 6.45) is 3.08. The van der Waals surface area contributed by atoms with Gasteiger partial charge >= 0.3 is 0 Å². The first-order valence-corrected chi connectivity index (χ1v) is 8.35. The quantitative estimate of drug-likeness (QED) is 0.511. The number of amides is 1. The van der Waals surface area contributed by atoms with E-state index in [-0.39, 0.29) is 17.6 Å². The van der Waals surface area contributed by atoms with Gasteiger partial charge in [0, 0.05) is 24.2 Å². The summed E-state index contributed by atoms with van der Waals surface area (Å²) in [4.78, 5) is 28.8. The summed E-state index contributed by atoms with van der Waals surface area (Å²) in [7, 11) is 1.72. The number of benzene rings is 2. The SMILES string of the molecule is Cc1cc(C(=O)N(C)[C@H](C)c2ccc(-n3cncn3)cc2)ccc1[N+](=O)[O-]. The van der Waals surface area contributed by atoms with Gasteiger partial charge in [-0.15, -0.1) is 0 Å². The van der Waals surface area contributed by atoms with E-state index in [0.717, 1.165) is 11.3 Å². The number of rotatable bonds is 5. The second-order valence-electron chi connectivity index (χ2n) is 6.28. The predicted octanol–water partition coefficient (Wildman–Crippen LogP) is 3.32. The van der Waals surface area contributed by atoms with Gasteiger partial charge in [-0.05, 0) is 43.7 Å². The molecule has 138 valence electrons. The molecule has 0 N–H and O–H groups in total. The third-order valence-corrected chi connectivity index (χ3v) is 4.60. The molecule has 3 aromatic rings. The van der Waals surface area contributed by atoms with Gasteiger partial charge in [-0.3, -0.25) is 14.9 Å². The van der Waals surface area contributed by atoms with Gasteiger partial charge in [-0.2, -0.15) is 5.10 Å². The fraction of sp³-hybridized carbons (Fsp3) is 0.211. The van der Waals surface area contributed by atoms with E-state index in [4.69, 9.17) is 0 Å². The summed E-state index contributed by atoms with van der Waals surface area (Å²) in [5, 5.41) is 15.0. The molecule has 0 saturated carbocycles. The molecule has 27 heavy (non-hydrogen) atoms. The number of hydrogen-bond acceptors (Lipinski definition) is 5. The van der Waals surface area contributed by atoms with Crippen molar-refractivity contribution in [3.05, 3.63) is 81.9 Å². The highest BCUT2D eigenvalue weighted by atomic mass is 16.6. The molecular weight excluding hydrogens is 346 g/mol. The highest BCUT2D eigenvalue weighted by molar-refractivity contribution is 5.94. The number of aryl methyl sites for hydroxylation is 1. The Labute approximate surface area is 156 Å². The Bertz CT molecular complexity index is 968. The summed E-state index contributed by atoms with van der Waals surface area (Å²) >= 11 is 0. The average Bonchev–Trinajstić information content (AvgIpc) is 3.20. The molecule has 0 spiro atoms. The van der Waals surface area contributed by atoms with Crippen LogP contribution < -0.4 is 0 Å². The lowest BCUT2D eigenvalue weighted by Gasteiger charge is -2.25. The molecular formula is C19H19N5O3. The van der Waals surface area contributed by atoms with Crippen LogP contribution in [-0.4, -0.2) is 37.5 Å². The molecule has 0 bridgehead atoms. The van der Waals surface area contributed by atoms with Crippen LogP contribution >= 0.6 is 0 Å². The van der Waals surface area contributed by atoms with Gasteiger partial charge in [-0.25, -0.2) is 9.67 Å². The molecule has 1 amide bonds. The Morgan fingerprint density at radius 2 is 1.93 bits per heavy atom. The lowest BCUT2D eigenvalue weighted by molar-refractivity contribution is -0.385. The zero-order chi connectivity index (χ0) is 19.6. The maximum Gasteiger partial charge on any atom is 0.272 e. The minimum atomic E-state index is -0.452. The summed E-state index contributed by atoms with van der Waals surface area (Å²) in [6.45, 7) is 3.56. The number of carbonyl (C=O) groups is 1. The van der Waals surface area contributed by atoms with E-state index in [1.807, 2.05) is 31.2 Å². The molecule has 0 saturated heterocycles. The monoisotopic (exact) mass is 365 g/mol. The molecule has 1 atom stereocenters. The third kappa shape index (κ3) is 3.69. The first-order chi connectivity index (χ1) is 12.9. The van der Waals surface area contributed by atoms with Crippen molar-refractivity contribution in [3.8, 4) is 5.69 Å². The van der Waals surface area contributed by atoms with Crippen molar-refractivity contribution in [2.24, 2.45) is 0 Å². The Morgan fingerprint density at radius 3 is 2.48 bits per heavy atom. The van der Waals surface area contributed by atoms with Gasteiger partial charge in [0.25, 0.3) is 11.6 Å². The van der Waals surface area contributed by atoms with Crippen LogP contribution in [0.15, 0.2) is 55.1 Å². The van der Waals surface area contributed by atoms with Crippen molar-refractivity contribution in [3.63, 3.8) is 0 Å². The lowest BCUT2D eigenvalue weighted by Crippen LogP contribution is -2.29. The smallest absolute Gasteiger partial charge is 0.272 e. The second-order valence-corrected chi connectivity index (χ2v) is 6.28. The number of aromatic nitrogens is 3. The highest BCUT2D eigenvalue weighted by Crippen LogP contribution is 2.24. The normalized spacial score (nSPS) is 11.8. The van der Waals surface area contributed by atoms with Crippen LogP contribution in [0.1, 0.15) is 34.5 Å². The van der Waals surface area contributed by atoms with Crippen LogP contribution in [-0.2, 0) is 0 Å². The fourth-order valence-electron chi connectivity index (χ4n) is 2.84. The summed E-state index contributed by atoms with van der Waals surface area (Å²) in [5.74, 6) is -0.194. The van der Waals surface area contributed by atoms with Gasteiger partial charge in [0.15, 0.2) is 0 Å². The molecule has 2 aromatic carbocycles. The Morgan fingerprint density at radius 1 is 1.22 bits per heavy atom. The molecule has 1 heterocycles. The van der Waals surface area contributed by atoms with Crippen LogP contribution in [0.3, 0.4) is 0 Å². The second kappa shape index (κ2) is 7.36. The Balaban J connectivity index is 1.78. The molecule has 0 aliphatic rings. The largest absolute Gasteiger partial charge is 0.335 e. The van der Waals surface area contributed by atoms with Crippen molar-refractivity contribution >= 4 is 11.6 Å². The van der Waals surface area contributed by atoms with E-state index < -0.39 is 4.92 Å². The molecule has 0 fully saturated rings. The predicted molar refractivity (Wildman–Crippen MR) is 99.7 cm³/mol. The summed E-state index contributed by atoms with van der Waals surface area (Å²) < 4.78 is 1.66. The zero-order valence-electron chi connectivity index (χ0n) is 15.2. The van der Waals surface area contributed by atoms with Crippen molar-refractivity contribution < 1.29 is 9.72 Å². The van der Waals surface area contributed by atoms with Crippen molar-refractivity contribution in [2.45, 2.75) is 19.9 Å². The lowest BCUT2D eigenvalue weighted by atomic mass is 10.0.